The molecule has 5 nitrogen and oxygen atoms in total. The molecule has 1 aliphatic carbocycles. The number of hydrogen-bond donors (Lipinski definition) is 3. The van der Waals surface area contributed by atoms with Crippen molar-refractivity contribution in [1.29, 1.82) is 0 Å². The Morgan fingerprint density at radius 2 is 1.76 bits per heavy atom. The minimum Gasteiger partial charge on any atom is -0.458 e. The summed E-state index contributed by atoms with van der Waals surface area (Å²) >= 11 is 20.3. The van der Waals surface area contributed by atoms with E-state index in [9.17, 15) is 9.90 Å². The highest BCUT2D eigenvalue weighted by Gasteiger charge is 2.34. The Morgan fingerprint density at radius 1 is 1.06 bits per heavy atom. The zero-order valence-electron chi connectivity index (χ0n) is 18.9. The lowest BCUT2D eigenvalue weighted by Crippen LogP contribution is -2.43. The van der Waals surface area contributed by atoms with Crippen LogP contribution in [0.4, 0.5) is 0 Å². The van der Waals surface area contributed by atoms with Crippen LogP contribution in [0.5, 0.6) is 0 Å². The molecule has 1 aromatic heterocycles. The van der Waals surface area contributed by atoms with Crippen molar-refractivity contribution < 1.29 is 24.9 Å². The first-order valence-corrected chi connectivity index (χ1v) is 13.5. The first kappa shape index (κ1) is 27.7. The summed E-state index contributed by atoms with van der Waals surface area (Å²) in [5, 5.41) is 29.5. The molecule has 0 radical (unpaired) electrons. The van der Waals surface area contributed by atoms with Gasteiger partial charge in [0.2, 0.25) is 0 Å². The molecule has 0 unspecified atom stereocenters. The fourth-order valence-electron chi connectivity index (χ4n) is 4.53. The Morgan fingerprint density at radius 3 is 2.44 bits per heavy atom. The SMILES string of the molecule is O=C(OCC(O)(CO)CO)c1ccc(CCC[C@@H]2[C@@H](CCc3cc(Cl)cc(Cl)c3)CC[C@H]2Cl)s1. The first-order chi connectivity index (χ1) is 16.2. The van der Waals surface area contributed by atoms with E-state index in [0.717, 1.165) is 55.4 Å². The molecule has 0 saturated heterocycles. The van der Waals surface area contributed by atoms with Crippen molar-refractivity contribution in [1.82, 2.24) is 0 Å². The molecule has 3 rings (SSSR count). The van der Waals surface area contributed by atoms with Crippen molar-refractivity contribution in [3.63, 3.8) is 0 Å². The number of carbonyl (C=O) groups is 1. The Labute approximate surface area is 219 Å². The van der Waals surface area contributed by atoms with Crippen molar-refractivity contribution in [3.8, 4) is 0 Å². The molecule has 1 heterocycles. The van der Waals surface area contributed by atoms with E-state index in [2.05, 4.69) is 0 Å². The van der Waals surface area contributed by atoms with E-state index < -0.39 is 31.4 Å². The first-order valence-electron chi connectivity index (χ1n) is 11.5. The Balaban J connectivity index is 1.46. The summed E-state index contributed by atoms with van der Waals surface area (Å²) in [4.78, 5) is 13.7. The van der Waals surface area contributed by atoms with Crippen molar-refractivity contribution in [2.75, 3.05) is 19.8 Å². The second kappa shape index (κ2) is 12.9. The maximum Gasteiger partial charge on any atom is 0.348 e. The fourth-order valence-corrected chi connectivity index (χ4v) is 6.50. The van der Waals surface area contributed by atoms with Gasteiger partial charge in [-0.3, -0.25) is 0 Å². The average Bonchev–Trinajstić information content (AvgIpc) is 3.42. The van der Waals surface area contributed by atoms with Crippen molar-refractivity contribution in [3.05, 3.63) is 55.7 Å². The molecule has 3 N–H and O–H groups in total. The van der Waals surface area contributed by atoms with Gasteiger partial charge in [0.05, 0.1) is 13.2 Å². The van der Waals surface area contributed by atoms with E-state index in [0.29, 0.717) is 26.8 Å². The number of carbonyl (C=O) groups excluding carboxylic acids is 1. The Bertz CT molecular complexity index is 926. The van der Waals surface area contributed by atoms with Crippen LogP contribution in [0, 0.1) is 11.8 Å². The summed E-state index contributed by atoms with van der Waals surface area (Å²) in [6, 6.07) is 9.32. The number of halogens is 3. The Hall–Kier alpha value is -0.860. The number of aliphatic hydroxyl groups excluding tert-OH is 2. The molecule has 34 heavy (non-hydrogen) atoms. The smallest absolute Gasteiger partial charge is 0.348 e. The molecule has 3 atom stereocenters. The molecule has 1 aliphatic rings. The molecular formula is C25H31Cl3O5S. The van der Waals surface area contributed by atoms with Gasteiger partial charge >= 0.3 is 5.97 Å². The lowest BCUT2D eigenvalue weighted by Gasteiger charge is -2.22. The van der Waals surface area contributed by atoms with Crippen molar-refractivity contribution in [2.24, 2.45) is 11.8 Å². The lowest BCUT2D eigenvalue weighted by atomic mass is 9.86. The maximum absolute atomic E-state index is 12.2. The third-order valence-corrected chi connectivity index (χ3v) is 8.60. The van der Waals surface area contributed by atoms with Crippen LogP contribution in [0.1, 0.15) is 52.2 Å². The predicted molar refractivity (Wildman–Crippen MR) is 137 cm³/mol. The third kappa shape index (κ3) is 7.82. The van der Waals surface area contributed by atoms with Gasteiger partial charge in [-0.2, -0.15) is 0 Å². The number of esters is 1. The van der Waals surface area contributed by atoms with Crippen molar-refractivity contribution in [2.45, 2.75) is 55.9 Å². The highest BCUT2D eigenvalue weighted by atomic mass is 35.5. The molecule has 188 valence electrons. The van der Waals surface area contributed by atoms with Crippen LogP contribution < -0.4 is 0 Å². The molecular weight excluding hydrogens is 519 g/mol. The molecule has 0 bridgehead atoms. The summed E-state index contributed by atoms with van der Waals surface area (Å²) in [5.41, 5.74) is -0.672. The standard InChI is InChI=1S/C25H31Cl3O5S/c26-18-10-16(11-19(27)12-18)4-5-17-6-8-22(28)21(17)3-1-2-20-7-9-23(34-20)24(31)33-15-25(32,13-29)14-30/h7,9-12,17,21-22,29-30,32H,1-6,8,13-15H2/t17-,21+,22+/m0/s1. The third-order valence-electron chi connectivity index (χ3n) is 6.49. The summed E-state index contributed by atoms with van der Waals surface area (Å²) in [7, 11) is 0. The van der Waals surface area contributed by atoms with Crippen LogP contribution >= 0.6 is 46.1 Å². The summed E-state index contributed by atoms with van der Waals surface area (Å²) in [5.74, 6) is 0.468. The van der Waals surface area contributed by atoms with Gasteiger partial charge in [0, 0.05) is 20.3 Å². The number of aryl methyl sites for hydroxylation is 2. The number of rotatable bonds is 12. The molecule has 2 aromatic rings. The Kier molecular flexibility index (Phi) is 10.5. The minimum atomic E-state index is -1.83. The second-order valence-corrected chi connectivity index (χ2v) is 11.7. The zero-order chi connectivity index (χ0) is 24.7. The van der Waals surface area contributed by atoms with Crippen LogP contribution in [0.2, 0.25) is 10.0 Å². The molecule has 0 amide bonds. The van der Waals surface area contributed by atoms with E-state index in [1.807, 2.05) is 18.2 Å². The quantitative estimate of drug-likeness (QED) is 0.240. The van der Waals surface area contributed by atoms with Gasteiger partial charge in [-0.1, -0.05) is 23.2 Å². The van der Waals surface area contributed by atoms with Gasteiger partial charge < -0.3 is 20.1 Å². The average molecular weight is 550 g/mol. The van der Waals surface area contributed by atoms with Gasteiger partial charge in [0.1, 0.15) is 17.1 Å². The lowest BCUT2D eigenvalue weighted by molar-refractivity contribution is -0.0916. The molecule has 1 saturated carbocycles. The summed E-state index contributed by atoms with van der Waals surface area (Å²) < 4.78 is 5.05. The summed E-state index contributed by atoms with van der Waals surface area (Å²) in [6.07, 6.45) is 7.04. The van der Waals surface area contributed by atoms with E-state index in [-0.39, 0.29) is 5.38 Å². The largest absolute Gasteiger partial charge is 0.458 e. The fraction of sp³-hybridized carbons (Fsp3) is 0.560. The maximum atomic E-state index is 12.2. The van der Waals surface area contributed by atoms with Crippen LogP contribution in [-0.2, 0) is 17.6 Å². The van der Waals surface area contributed by atoms with Crippen LogP contribution in [0.15, 0.2) is 30.3 Å². The number of thiophene rings is 1. The number of hydrogen-bond acceptors (Lipinski definition) is 6. The number of ether oxygens (including phenoxy) is 1. The van der Waals surface area contributed by atoms with E-state index in [4.69, 9.17) is 49.8 Å². The van der Waals surface area contributed by atoms with Crippen LogP contribution in [0.3, 0.4) is 0 Å². The van der Waals surface area contributed by atoms with E-state index >= 15 is 0 Å². The molecule has 9 heteroatoms. The highest BCUT2D eigenvalue weighted by molar-refractivity contribution is 7.13. The van der Waals surface area contributed by atoms with Crippen molar-refractivity contribution >= 4 is 52.1 Å². The predicted octanol–water partition coefficient (Wildman–Crippen LogP) is 5.52. The van der Waals surface area contributed by atoms with Gasteiger partial charge in [-0.05, 0) is 92.7 Å². The summed E-state index contributed by atoms with van der Waals surface area (Å²) in [6.45, 7) is -1.85. The molecule has 0 aliphatic heterocycles. The van der Waals surface area contributed by atoms with E-state index in [1.54, 1.807) is 12.1 Å². The van der Waals surface area contributed by atoms with E-state index in [1.165, 1.54) is 11.3 Å². The molecule has 0 spiro atoms. The molecule has 1 fully saturated rings. The van der Waals surface area contributed by atoms with Gasteiger partial charge in [0.15, 0.2) is 0 Å². The zero-order valence-corrected chi connectivity index (χ0v) is 22.0. The highest BCUT2D eigenvalue weighted by Crippen LogP contribution is 2.41. The number of alkyl halides is 1. The van der Waals surface area contributed by atoms with Gasteiger partial charge in [-0.15, -0.1) is 22.9 Å². The second-order valence-electron chi connectivity index (χ2n) is 9.11. The van der Waals surface area contributed by atoms with Gasteiger partial charge in [-0.25, -0.2) is 4.79 Å². The molecule has 1 aromatic carbocycles. The van der Waals surface area contributed by atoms with Crippen LogP contribution in [-0.4, -0.2) is 52.1 Å². The number of benzene rings is 1. The normalized spacial score (nSPS) is 20.6. The topological polar surface area (TPSA) is 87.0 Å². The monoisotopic (exact) mass is 548 g/mol. The van der Waals surface area contributed by atoms with Crippen LogP contribution in [0.25, 0.3) is 0 Å². The number of aliphatic hydroxyl groups is 3. The van der Waals surface area contributed by atoms with Gasteiger partial charge in [0.25, 0.3) is 0 Å². The minimum absolute atomic E-state index is 0.193.